The Hall–Kier alpha value is -3.38. The zero-order chi connectivity index (χ0) is 22.9. The van der Waals surface area contributed by atoms with Crippen LogP contribution in [0.5, 0.6) is 0 Å². The number of nitrogens with one attached hydrogen (secondary N) is 1. The molecule has 1 N–H and O–H groups in total. The highest BCUT2D eigenvalue weighted by molar-refractivity contribution is 6.30. The number of benzene rings is 2. The number of piperazine rings is 1. The van der Waals surface area contributed by atoms with E-state index in [1.807, 2.05) is 54.4 Å². The monoisotopic (exact) mass is 462 g/mol. The van der Waals surface area contributed by atoms with Crippen LogP contribution in [-0.2, 0) is 4.79 Å². The highest BCUT2D eigenvalue weighted by Gasteiger charge is 2.28. The molecule has 168 valence electrons. The Bertz CT molecular complexity index is 1300. The van der Waals surface area contributed by atoms with Crippen LogP contribution >= 0.6 is 11.6 Å². The van der Waals surface area contributed by atoms with E-state index >= 15 is 0 Å². The Labute approximate surface area is 196 Å². The number of carbonyl (C=O) groups excluding carboxylic acids is 1. The molecular weight excluding hydrogens is 439 g/mol. The normalized spacial score (nSPS) is 15.1. The zero-order valence-electron chi connectivity index (χ0n) is 18.3. The molecule has 0 saturated carbocycles. The van der Waals surface area contributed by atoms with Gasteiger partial charge in [0, 0.05) is 54.5 Å². The van der Waals surface area contributed by atoms with Crippen molar-refractivity contribution in [2.75, 3.05) is 31.1 Å². The lowest BCUT2D eigenvalue weighted by Crippen LogP contribution is -2.50. The summed E-state index contributed by atoms with van der Waals surface area (Å²) in [6.07, 6.45) is 3.66. The highest BCUT2D eigenvalue weighted by Crippen LogP contribution is 2.37. The topological polar surface area (TPSA) is 52.2 Å². The van der Waals surface area contributed by atoms with Gasteiger partial charge in [-0.1, -0.05) is 35.9 Å². The number of H-pyrrole nitrogens is 1. The van der Waals surface area contributed by atoms with Gasteiger partial charge in [0.1, 0.15) is 11.5 Å². The molecule has 0 unspecified atom stereocenters. The van der Waals surface area contributed by atoms with Crippen LogP contribution in [0, 0.1) is 5.82 Å². The van der Waals surface area contributed by atoms with Gasteiger partial charge < -0.3 is 14.8 Å². The second-order valence-electron chi connectivity index (χ2n) is 8.36. The summed E-state index contributed by atoms with van der Waals surface area (Å²) in [5.74, 6) is -0.392. The largest absolute Gasteiger partial charge is 0.367 e. The third kappa shape index (κ3) is 4.18. The number of hydrogen-bond donors (Lipinski definition) is 1. The smallest absolute Gasteiger partial charge is 0.229 e. The van der Waals surface area contributed by atoms with Crippen LogP contribution in [0.15, 0.2) is 67.0 Å². The molecule has 7 heteroatoms. The van der Waals surface area contributed by atoms with E-state index in [0.717, 1.165) is 33.4 Å². The predicted octanol–water partition coefficient (Wildman–Crippen LogP) is 5.47. The van der Waals surface area contributed by atoms with Crippen LogP contribution in [0.1, 0.15) is 18.4 Å². The quantitative estimate of drug-likeness (QED) is 0.437. The fourth-order valence-corrected chi connectivity index (χ4v) is 4.65. The van der Waals surface area contributed by atoms with Crippen molar-refractivity contribution in [3.63, 3.8) is 0 Å². The molecule has 3 heterocycles. The second kappa shape index (κ2) is 8.87. The summed E-state index contributed by atoms with van der Waals surface area (Å²) in [6, 6.07) is 16.0. The van der Waals surface area contributed by atoms with Gasteiger partial charge in [-0.15, -0.1) is 0 Å². The number of aromatic nitrogens is 2. The number of aromatic amines is 1. The van der Waals surface area contributed by atoms with Crippen LogP contribution in [0.3, 0.4) is 0 Å². The summed E-state index contributed by atoms with van der Waals surface area (Å²) >= 11 is 5.99. The Morgan fingerprint density at radius 3 is 2.58 bits per heavy atom. The van der Waals surface area contributed by atoms with E-state index in [2.05, 4.69) is 14.9 Å². The van der Waals surface area contributed by atoms with Gasteiger partial charge in [-0.3, -0.25) is 4.79 Å². The molecule has 1 saturated heterocycles. The number of carbonyl (C=O) groups is 1. The summed E-state index contributed by atoms with van der Waals surface area (Å²) in [4.78, 5) is 25.0. The van der Waals surface area contributed by atoms with E-state index in [1.165, 1.54) is 12.1 Å². The first-order chi connectivity index (χ1) is 16.0. The fraction of sp³-hybridized carbons (Fsp3) is 0.231. The van der Waals surface area contributed by atoms with Crippen molar-refractivity contribution in [2.24, 2.45) is 0 Å². The SMILES string of the molecule is C[C@H](C(=O)N1CCN(c2c(-c3cccc(F)c3)cnc3[nH]ccc23)CC1)c1ccc(Cl)cc1. The molecule has 5 rings (SSSR count). The molecule has 1 atom stereocenters. The summed E-state index contributed by atoms with van der Waals surface area (Å²) < 4.78 is 14.0. The van der Waals surface area contributed by atoms with Gasteiger partial charge in [-0.05, 0) is 48.4 Å². The van der Waals surface area contributed by atoms with Crippen LogP contribution in [0.25, 0.3) is 22.2 Å². The molecule has 1 amide bonds. The molecule has 2 aromatic heterocycles. The molecule has 33 heavy (non-hydrogen) atoms. The van der Waals surface area contributed by atoms with Gasteiger partial charge in [0.15, 0.2) is 0 Å². The Morgan fingerprint density at radius 1 is 1.09 bits per heavy atom. The van der Waals surface area contributed by atoms with Crippen molar-refractivity contribution in [1.29, 1.82) is 0 Å². The summed E-state index contributed by atoms with van der Waals surface area (Å²) in [5, 5.41) is 1.65. The van der Waals surface area contributed by atoms with Gasteiger partial charge in [0.2, 0.25) is 5.91 Å². The summed E-state index contributed by atoms with van der Waals surface area (Å²) in [6.45, 7) is 4.55. The lowest BCUT2D eigenvalue weighted by molar-refractivity contribution is -0.132. The maximum atomic E-state index is 14.0. The maximum absolute atomic E-state index is 14.0. The minimum atomic E-state index is -0.279. The molecule has 1 aliphatic heterocycles. The number of fused-ring (bicyclic) bond motifs is 1. The van der Waals surface area contributed by atoms with Crippen molar-refractivity contribution in [3.05, 3.63) is 83.4 Å². The summed E-state index contributed by atoms with van der Waals surface area (Å²) in [7, 11) is 0. The molecule has 1 fully saturated rings. The Balaban J connectivity index is 1.39. The Kier molecular flexibility index (Phi) is 5.77. The molecule has 0 radical (unpaired) electrons. The van der Waals surface area contributed by atoms with E-state index in [9.17, 15) is 9.18 Å². The predicted molar refractivity (Wildman–Crippen MR) is 130 cm³/mol. The lowest BCUT2D eigenvalue weighted by Gasteiger charge is -2.38. The van der Waals surface area contributed by atoms with Crippen LogP contribution < -0.4 is 4.90 Å². The molecule has 0 bridgehead atoms. The number of amides is 1. The number of pyridine rings is 1. The molecule has 4 aromatic rings. The molecule has 0 aliphatic carbocycles. The van der Waals surface area contributed by atoms with Crippen LogP contribution in [-0.4, -0.2) is 47.0 Å². The molecule has 1 aliphatic rings. The van der Waals surface area contributed by atoms with Crippen molar-refractivity contribution >= 4 is 34.2 Å². The van der Waals surface area contributed by atoms with E-state index < -0.39 is 0 Å². The van der Waals surface area contributed by atoms with Crippen molar-refractivity contribution < 1.29 is 9.18 Å². The third-order valence-electron chi connectivity index (χ3n) is 6.34. The standard InChI is InChI=1S/C26H24ClFN4O/c1-17(18-5-7-20(27)8-6-18)26(33)32-13-11-31(12-14-32)24-22-9-10-29-25(22)30-16-23(24)19-3-2-4-21(28)15-19/h2-10,15-17H,11-14H2,1H3,(H,29,30)/t17-/m0/s1. The zero-order valence-corrected chi connectivity index (χ0v) is 19.0. The van der Waals surface area contributed by atoms with Crippen molar-refractivity contribution in [3.8, 4) is 11.1 Å². The van der Waals surface area contributed by atoms with Gasteiger partial charge >= 0.3 is 0 Å². The lowest BCUT2D eigenvalue weighted by atomic mass is 9.99. The molecule has 0 spiro atoms. The first kappa shape index (κ1) is 21.5. The minimum absolute atomic E-state index is 0.115. The Morgan fingerprint density at radius 2 is 1.85 bits per heavy atom. The van der Waals surface area contributed by atoms with Gasteiger partial charge in [-0.25, -0.2) is 9.37 Å². The maximum Gasteiger partial charge on any atom is 0.229 e. The van der Waals surface area contributed by atoms with E-state index in [-0.39, 0.29) is 17.6 Å². The summed E-state index contributed by atoms with van der Waals surface area (Å²) in [5.41, 5.74) is 4.44. The third-order valence-corrected chi connectivity index (χ3v) is 6.59. The van der Waals surface area contributed by atoms with Crippen molar-refractivity contribution in [1.82, 2.24) is 14.9 Å². The van der Waals surface area contributed by atoms with Crippen LogP contribution in [0.2, 0.25) is 5.02 Å². The van der Waals surface area contributed by atoms with E-state index in [4.69, 9.17) is 11.6 Å². The number of rotatable bonds is 4. The number of nitrogens with zero attached hydrogens (tertiary/aromatic N) is 3. The van der Waals surface area contributed by atoms with Crippen LogP contribution in [0.4, 0.5) is 10.1 Å². The first-order valence-electron chi connectivity index (χ1n) is 11.0. The second-order valence-corrected chi connectivity index (χ2v) is 8.79. The fourth-order valence-electron chi connectivity index (χ4n) is 4.52. The number of hydrogen-bond acceptors (Lipinski definition) is 3. The average Bonchev–Trinajstić information content (AvgIpc) is 3.32. The van der Waals surface area contributed by atoms with E-state index in [0.29, 0.717) is 31.2 Å². The van der Waals surface area contributed by atoms with E-state index in [1.54, 1.807) is 12.3 Å². The molecule has 2 aromatic carbocycles. The molecular formula is C26H24ClFN4O. The first-order valence-corrected chi connectivity index (χ1v) is 11.4. The number of anilines is 1. The van der Waals surface area contributed by atoms with Crippen molar-refractivity contribution in [2.45, 2.75) is 12.8 Å². The highest BCUT2D eigenvalue weighted by atomic mass is 35.5. The average molecular weight is 463 g/mol. The number of halogens is 2. The van der Waals surface area contributed by atoms with Gasteiger partial charge in [0.25, 0.3) is 0 Å². The van der Waals surface area contributed by atoms with Gasteiger partial charge in [0.05, 0.1) is 11.6 Å². The van der Waals surface area contributed by atoms with Gasteiger partial charge in [-0.2, -0.15) is 0 Å². The minimum Gasteiger partial charge on any atom is -0.367 e. The molecule has 5 nitrogen and oxygen atoms in total.